The van der Waals surface area contributed by atoms with Crippen LogP contribution in [0.25, 0.3) is 0 Å². The van der Waals surface area contributed by atoms with Crippen LogP contribution in [0.5, 0.6) is 0 Å². The number of benzene rings is 1. The van der Waals surface area contributed by atoms with Crippen LogP contribution in [0.2, 0.25) is 0 Å². The third kappa shape index (κ3) is 4.94. The molecule has 0 aliphatic heterocycles. The van der Waals surface area contributed by atoms with Gasteiger partial charge in [-0.2, -0.15) is 30.7 Å². The Bertz CT molecular complexity index is 854. The summed E-state index contributed by atoms with van der Waals surface area (Å²) in [6.45, 7) is 0. The smallest absolute Gasteiger partial charge is 0.331 e. The monoisotopic (exact) mass is 462 g/mol. The van der Waals surface area contributed by atoms with Crippen LogP contribution in [0.3, 0.4) is 0 Å². The molecule has 1 amide bonds. The second-order valence-electron chi connectivity index (χ2n) is 5.07. The Hall–Kier alpha value is -1.86. The van der Waals surface area contributed by atoms with E-state index in [-0.39, 0.29) is 10.8 Å². The normalized spacial score (nSPS) is 12.5. The van der Waals surface area contributed by atoms with Gasteiger partial charge >= 0.3 is 17.4 Å². The minimum absolute atomic E-state index is 0.276. The van der Waals surface area contributed by atoms with Gasteiger partial charge in [-0.1, -0.05) is 18.2 Å². The molecule has 0 atom stereocenters. The van der Waals surface area contributed by atoms with Crippen molar-refractivity contribution in [3.05, 3.63) is 46.7 Å². The van der Waals surface area contributed by atoms with Crippen LogP contribution in [0, 0.1) is 0 Å². The summed E-state index contributed by atoms with van der Waals surface area (Å²) in [6.07, 6.45) is -6.43. The minimum Gasteiger partial charge on any atom is -0.331 e. The number of rotatable bonds is 5. The maximum absolute atomic E-state index is 13.7. The van der Waals surface area contributed by atoms with Gasteiger partial charge in [0.2, 0.25) is 0 Å². The molecule has 3 nitrogen and oxygen atoms in total. The second-order valence-corrected chi connectivity index (χ2v) is 7.59. The number of thiocarbonyl (C=S) groups is 1. The van der Waals surface area contributed by atoms with E-state index in [2.05, 4.69) is 10.6 Å². The lowest BCUT2D eigenvalue weighted by atomic mass is 10.3. The van der Waals surface area contributed by atoms with E-state index >= 15 is 0 Å². The molecule has 1 heterocycles. The van der Waals surface area contributed by atoms with Crippen LogP contribution in [0.4, 0.5) is 36.4 Å². The number of carbonyl (C=O) groups excluding carboxylic acids is 1. The van der Waals surface area contributed by atoms with Gasteiger partial charge in [-0.15, -0.1) is 11.3 Å². The molecule has 0 aliphatic carbocycles. The number of nitrogens with one attached hydrogen (secondary N) is 2. The zero-order valence-corrected chi connectivity index (χ0v) is 15.8. The van der Waals surface area contributed by atoms with E-state index in [9.17, 15) is 35.5 Å². The summed E-state index contributed by atoms with van der Waals surface area (Å²) in [4.78, 5) is 11.6. The highest BCUT2D eigenvalue weighted by atomic mass is 32.2. The van der Waals surface area contributed by atoms with Crippen LogP contribution in [-0.2, 0) is 0 Å². The fourth-order valence-corrected chi connectivity index (χ4v) is 3.47. The first-order valence-corrected chi connectivity index (χ1v) is 9.22. The van der Waals surface area contributed by atoms with Gasteiger partial charge in [0.1, 0.15) is 0 Å². The summed E-state index contributed by atoms with van der Waals surface area (Å²) in [7, 11) is 0. The second kappa shape index (κ2) is 8.25. The summed E-state index contributed by atoms with van der Waals surface area (Å²) in [5.74, 6) is -6.86. The van der Waals surface area contributed by atoms with E-state index < -0.39 is 39.9 Å². The first-order chi connectivity index (χ1) is 12.8. The summed E-state index contributed by atoms with van der Waals surface area (Å²) < 4.78 is 90.4. The summed E-state index contributed by atoms with van der Waals surface area (Å²) >= 11 is 4.99. The van der Waals surface area contributed by atoms with Crippen molar-refractivity contribution in [3.63, 3.8) is 0 Å². The number of carbonyl (C=O) groups is 1. The number of para-hydroxylation sites is 1. The molecule has 0 bridgehead atoms. The maximum Gasteiger partial charge on any atom is 0.460 e. The van der Waals surface area contributed by atoms with E-state index in [4.69, 9.17) is 12.2 Å². The number of thioether (sulfide) groups is 1. The van der Waals surface area contributed by atoms with Gasteiger partial charge in [0.05, 0.1) is 10.6 Å². The molecule has 28 heavy (non-hydrogen) atoms. The van der Waals surface area contributed by atoms with Crippen molar-refractivity contribution in [2.45, 2.75) is 22.2 Å². The molecule has 0 fully saturated rings. The van der Waals surface area contributed by atoms with Crippen LogP contribution in [0.15, 0.2) is 46.7 Å². The van der Waals surface area contributed by atoms with Crippen molar-refractivity contribution in [1.29, 1.82) is 0 Å². The Kier molecular flexibility index (Phi) is 6.61. The molecule has 2 aromatic rings. The third-order valence-electron chi connectivity index (χ3n) is 3.07. The van der Waals surface area contributed by atoms with Crippen molar-refractivity contribution in [2.75, 3.05) is 5.32 Å². The molecule has 2 N–H and O–H groups in total. The van der Waals surface area contributed by atoms with Crippen molar-refractivity contribution >= 4 is 52.0 Å². The average molecular weight is 462 g/mol. The molecule has 0 saturated carbocycles. The lowest BCUT2D eigenvalue weighted by Crippen LogP contribution is -2.50. The van der Waals surface area contributed by atoms with Gasteiger partial charge in [0.15, 0.2) is 5.11 Å². The lowest BCUT2D eigenvalue weighted by Gasteiger charge is -2.28. The molecule has 13 heteroatoms. The molecule has 0 saturated heterocycles. The number of hydrogen-bond acceptors (Lipinski definition) is 4. The van der Waals surface area contributed by atoms with Gasteiger partial charge in [0.25, 0.3) is 5.91 Å². The molecular formula is C15H9F7N2OS3. The van der Waals surface area contributed by atoms with Crippen LogP contribution < -0.4 is 10.6 Å². The third-order valence-corrected chi connectivity index (χ3v) is 5.23. The molecule has 0 aliphatic rings. The molecular weight excluding hydrogens is 453 g/mol. The maximum atomic E-state index is 13.7. The van der Waals surface area contributed by atoms with Gasteiger partial charge in [0, 0.05) is 4.90 Å². The highest BCUT2D eigenvalue weighted by Gasteiger charge is 2.73. The number of thiophene rings is 1. The number of anilines is 1. The molecule has 0 spiro atoms. The molecule has 152 valence electrons. The average Bonchev–Trinajstić information content (AvgIpc) is 3.09. The highest BCUT2D eigenvalue weighted by Crippen LogP contribution is 2.54. The highest BCUT2D eigenvalue weighted by molar-refractivity contribution is 8.00. The number of halogens is 7. The molecule has 1 aromatic carbocycles. The predicted molar refractivity (Wildman–Crippen MR) is 96.3 cm³/mol. The van der Waals surface area contributed by atoms with Gasteiger partial charge in [-0.05, 0) is 47.6 Å². The van der Waals surface area contributed by atoms with E-state index in [1.165, 1.54) is 18.2 Å². The zero-order chi connectivity index (χ0) is 21.2. The van der Waals surface area contributed by atoms with Crippen molar-refractivity contribution in [2.24, 2.45) is 0 Å². The summed E-state index contributed by atoms with van der Waals surface area (Å²) in [6, 6.07) is 7.63. The van der Waals surface area contributed by atoms with E-state index in [1.54, 1.807) is 11.4 Å². The fourth-order valence-electron chi connectivity index (χ4n) is 1.75. The first kappa shape index (κ1) is 22.4. The lowest BCUT2D eigenvalue weighted by molar-refractivity contribution is -0.330. The van der Waals surface area contributed by atoms with Gasteiger partial charge in [-0.3, -0.25) is 10.1 Å². The standard InChI is InChI=1S/C15H9F7N2OS3/c16-13(17,14(18,19)20)15(21,22)28-9-5-2-1-4-8(9)23-12(26)24-11(25)10-6-3-7-27-10/h1-7H,(H2,23,24,25,26). The van der Waals surface area contributed by atoms with Gasteiger partial charge < -0.3 is 5.32 Å². The molecule has 0 unspecified atom stereocenters. The minimum atomic E-state index is -6.43. The first-order valence-electron chi connectivity index (χ1n) is 7.11. The summed E-state index contributed by atoms with van der Waals surface area (Å²) in [5, 5.41) is 0.376. The van der Waals surface area contributed by atoms with Crippen molar-refractivity contribution in [1.82, 2.24) is 5.32 Å². The number of alkyl halides is 7. The number of hydrogen-bond donors (Lipinski definition) is 2. The quantitative estimate of drug-likeness (QED) is 0.337. The number of amides is 1. The molecule has 1 aromatic heterocycles. The fraction of sp³-hybridized carbons (Fsp3) is 0.200. The van der Waals surface area contributed by atoms with Crippen molar-refractivity contribution < 1.29 is 35.5 Å². The van der Waals surface area contributed by atoms with E-state index in [0.717, 1.165) is 23.5 Å². The van der Waals surface area contributed by atoms with Crippen LogP contribution >= 0.6 is 35.3 Å². The Morgan fingerprint density at radius 2 is 1.64 bits per heavy atom. The Morgan fingerprint density at radius 1 is 1.00 bits per heavy atom. The van der Waals surface area contributed by atoms with Crippen LogP contribution in [-0.4, -0.2) is 28.4 Å². The predicted octanol–water partition coefficient (Wildman–Crippen LogP) is 5.76. The largest absolute Gasteiger partial charge is 0.460 e. The summed E-state index contributed by atoms with van der Waals surface area (Å²) in [5.41, 5.74) is -0.276. The molecule has 0 radical (unpaired) electrons. The van der Waals surface area contributed by atoms with E-state index in [0.29, 0.717) is 4.88 Å². The van der Waals surface area contributed by atoms with Crippen LogP contribution in [0.1, 0.15) is 9.67 Å². The zero-order valence-electron chi connectivity index (χ0n) is 13.3. The van der Waals surface area contributed by atoms with E-state index in [1.807, 2.05) is 0 Å². The van der Waals surface area contributed by atoms with Gasteiger partial charge in [-0.25, -0.2) is 0 Å². The van der Waals surface area contributed by atoms with Crippen molar-refractivity contribution in [3.8, 4) is 0 Å². The Balaban J connectivity index is 2.16. The Labute approximate surface area is 167 Å². The Morgan fingerprint density at radius 3 is 2.21 bits per heavy atom. The SMILES string of the molecule is O=C(NC(=S)Nc1ccccc1SC(F)(F)C(F)(F)C(F)(F)F)c1cccs1. The molecule has 2 rings (SSSR count). The topological polar surface area (TPSA) is 41.1 Å².